The summed E-state index contributed by atoms with van der Waals surface area (Å²) in [6, 6.07) is 0.325. The van der Waals surface area contributed by atoms with Crippen molar-refractivity contribution >= 4 is 22.4 Å². The van der Waals surface area contributed by atoms with Gasteiger partial charge in [0.15, 0.2) is 5.13 Å². The Morgan fingerprint density at radius 1 is 1.39 bits per heavy atom. The fourth-order valence-corrected chi connectivity index (χ4v) is 1.85. The molecule has 2 aromatic rings. The molecule has 1 amide bonds. The van der Waals surface area contributed by atoms with Crippen molar-refractivity contribution in [1.29, 1.82) is 0 Å². The van der Waals surface area contributed by atoms with Crippen LogP contribution in [0.3, 0.4) is 0 Å². The molecule has 2 rings (SSSR count). The minimum atomic E-state index is -0.0687. The van der Waals surface area contributed by atoms with E-state index in [1.165, 1.54) is 18.4 Å². The molecular weight excluding hydrogens is 252 g/mol. The Morgan fingerprint density at radius 2 is 2.17 bits per heavy atom. The van der Waals surface area contributed by atoms with Crippen molar-refractivity contribution in [1.82, 2.24) is 15.0 Å². The number of carbonyl (C=O) groups excluding carboxylic acids is 1. The molecule has 1 N–H and O–H groups in total. The number of carbonyl (C=O) groups is 1. The highest BCUT2D eigenvalue weighted by molar-refractivity contribution is 7.13. The van der Waals surface area contributed by atoms with Crippen LogP contribution < -0.4 is 10.1 Å². The molecule has 7 heteroatoms. The van der Waals surface area contributed by atoms with Crippen LogP contribution in [-0.2, 0) is 11.2 Å². The lowest BCUT2D eigenvalue weighted by Gasteiger charge is -2.02. The standard InChI is InChI=1S/C11H12N4O2S/c1-17-10-13-6-8(7-14-10)2-3-9(16)15-11-12-4-5-18-11/h4-7H,2-3H2,1H3,(H,12,15,16). The minimum absolute atomic E-state index is 0.0687. The zero-order valence-electron chi connectivity index (χ0n) is 9.79. The number of methoxy groups -OCH3 is 1. The van der Waals surface area contributed by atoms with Crippen LogP contribution in [0, 0.1) is 0 Å². The summed E-state index contributed by atoms with van der Waals surface area (Å²) in [6.45, 7) is 0. The van der Waals surface area contributed by atoms with Gasteiger partial charge in [-0.05, 0) is 12.0 Å². The molecule has 0 aromatic carbocycles. The van der Waals surface area contributed by atoms with Crippen molar-refractivity contribution in [2.75, 3.05) is 12.4 Å². The highest BCUT2D eigenvalue weighted by Crippen LogP contribution is 2.11. The first-order valence-corrected chi connectivity index (χ1v) is 6.20. The molecule has 0 spiro atoms. The Bertz CT molecular complexity index is 498. The zero-order chi connectivity index (χ0) is 12.8. The van der Waals surface area contributed by atoms with E-state index in [2.05, 4.69) is 20.3 Å². The van der Waals surface area contributed by atoms with Gasteiger partial charge in [0.25, 0.3) is 0 Å². The third-order valence-electron chi connectivity index (χ3n) is 2.18. The van der Waals surface area contributed by atoms with Gasteiger partial charge in [-0.15, -0.1) is 11.3 Å². The number of amides is 1. The fraction of sp³-hybridized carbons (Fsp3) is 0.273. The highest BCUT2D eigenvalue weighted by atomic mass is 32.1. The molecule has 0 radical (unpaired) electrons. The normalized spacial score (nSPS) is 10.1. The van der Waals surface area contributed by atoms with E-state index in [-0.39, 0.29) is 5.91 Å². The van der Waals surface area contributed by atoms with Gasteiger partial charge < -0.3 is 10.1 Å². The number of aryl methyl sites for hydroxylation is 1. The van der Waals surface area contributed by atoms with Crippen molar-refractivity contribution in [2.45, 2.75) is 12.8 Å². The monoisotopic (exact) mass is 264 g/mol. The van der Waals surface area contributed by atoms with Gasteiger partial charge in [0, 0.05) is 30.4 Å². The van der Waals surface area contributed by atoms with Crippen molar-refractivity contribution in [3.05, 3.63) is 29.5 Å². The first-order chi connectivity index (χ1) is 8.78. The number of nitrogens with one attached hydrogen (secondary N) is 1. The Hall–Kier alpha value is -2.02. The van der Waals surface area contributed by atoms with Crippen molar-refractivity contribution < 1.29 is 9.53 Å². The Morgan fingerprint density at radius 3 is 2.78 bits per heavy atom. The Balaban J connectivity index is 1.81. The molecule has 0 atom stereocenters. The molecule has 2 heterocycles. The second-order valence-electron chi connectivity index (χ2n) is 3.46. The SMILES string of the molecule is COc1ncc(CCC(=O)Nc2nccs2)cn1. The number of ether oxygens (including phenoxy) is 1. The molecule has 2 aromatic heterocycles. The third kappa shape index (κ3) is 3.49. The number of aromatic nitrogens is 3. The van der Waals surface area contributed by atoms with Gasteiger partial charge in [0.05, 0.1) is 7.11 Å². The summed E-state index contributed by atoms with van der Waals surface area (Å²) in [7, 11) is 1.51. The van der Waals surface area contributed by atoms with Crippen LogP contribution in [0.4, 0.5) is 5.13 Å². The van der Waals surface area contributed by atoms with E-state index in [1.54, 1.807) is 18.6 Å². The number of hydrogen-bond acceptors (Lipinski definition) is 6. The van der Waals surface area contributed by atoms with Crippen LogP contribution in [0.2, 0.25) is 0 Å². The van der Waals surface area contributed by atoms with E-state index < -0.39 is 0 Å². The van der Waals surface area contributed by atoms with Crippen LogP contribution in [0.5, 0.6) is 6.01 Å². The summed E-state index contributed by atoms with van der Waals surface area (Å²) in [6.07, 6.45) is 5.92. The molecule has 0 saturated carbocycles. The van der Waals surface area contributed by atoms with Crippen molar-refractivity contribution in [2.24, 2.45) is 0 Å². The molecule has 0 saturated heterocycles. The smallest absolute Gasteiger partial charge is 0.316 e. The summed E-state index contributed by atoms with van der Waals surface area (Å²) in [5.74, 6) is -0.0687. The van der Waals surface area contributed by atoms with E-state index in [0.29, 0.717) is 24.0 Å². The topological polar surface area (TPSA) is 77.0 Å². The van der Waals surface area contributed by atoms with E-state index >= 15 is 0 Å². The third-order valence-corrected chi connectivity index (χ3v) is 2.87. The van der Waals surface area contributed by atoms with Crippen LogP contribution >= 0.6 is 11.3 Å². The largest absolute Gasteiger partial charge is 0.467 e. The number of hydrogen-bond donors (Lipinski definition) is 1. The average molecular weight is 264 g/mol. The van der Waals surface area contributed by atoms with Crippen LogP contribution in [0.1, 0.15) is 12.0 Å². The average Bonchev–Trinajstić information content (AvgIpc) is 2.90. The lowest BCUT2D eigenvalue weighted by atomic mass is 10.2. The van der Waals surface area contributed by atoms with Gasteiger partial charge in [-0.2, -0.15) is 0 Å². The van der Waals surface area contributed by atoms with Crippen LogP contribution in [-0.4, -0.2) is 28.0 Å². The van der Waals surface area contributed by atoms with Crippen molar-refractivity contribution in [3.63, 3.8) is 0 Å². The molecule has 0 aliphatic rings. The van der Waals surface area contributed by atoms with Crippen molar-refractivity contribution in [3.8, 4) is 6.01 Å². The van der Waals surface area contributed by atoms with Gasteiger partial charge >= 0.3 is 6.01 Å². The number of rotatable bonds is 5. The lowest BCUT2D eigenvalue weighted by Crippen LogP contribution is -2.12. The molecule has 0 bridgehead atoms. The summed E-state index contributed by atoms with van der Waals surface area (Å²) in [4.78, 5) is 23.5. The minimum Gasteiger partial charge on any atom is -0.467 e. The summed E-state index contributed by atoms with van der Waals surface area (Å²) in [5.41, 5.74) is 0.894. The molecule has 6 nitrogen and oxygen atoms in total. The summed E-state index contributed by atoms with van der Waals surface area (Å²) >= 11 is 1.39. The van der Waals surface area contributed by atoms with E-state index in [9.17, 15) is 4.79 Å². The second kappa shape index (κ2) is 6.06. The van der Waals surface area contributed by atoms with Gasteiger partial charge in [-0.25, -0.2) is 15.0 Å². The molecule has 0 aliphatic carbocycles. The maximum absolute atomic E-state index is 11.6. The molecule has 0 aliphatic heterocycles. The summed E-state index contributed by atoms with van der Waals surface area (Å²) < 4.78 is 4.86. The predicted octanol–water partition coefficient (Wildman–Crippen LogP) is 1.51. The predicted molar refractivity (Wildman–Crippen MR) is 67.6 cm³/mol. The molecule has 0 unspecified atom stereocenters. The van der Waals surface area contributed by atoms with E-state index in [0.717, 1.165) is 5.56 Å². The fourth-order valence-electron chi connectivity index (χ4n) is 1.30. The molecule has 18 heavy (non-hydrogen) atoms. The Labute approximate surface area is 108 Å². The van der Waals surface area contributed by atoms with Gasteiger partial charge in [-0.1, -0.05) is 0 Å². The quantitative estimate of drug-likeness (QED) is 0.885. The number of anilines is 1. The summed E-state index contributed by atoms with van der Waals surface area (Å²) in [5, 5.41) is 5.15. The molecular formula is C11H12N4O2S. The van der Waals surface area contributed by atoms with Gasteiger partial charge in [0.1, 0.15) is 0 Å². The van der Waals surface area contributed by atoms with Gasteiger partial charge in [-0.3, -0.25) is 4.79 Å². The Kier molecular flexibility index (Phi) is 4.19. The number of thiazole rings is 1. The highest BCUT2D eigenvalue weighted by Gasteiger charge is 2.05. The van der Waals surface area contributed by atoms with Gasteiger partial charge in [0.2, 0.25) is 5.91 Å². The van der Waals surface area contributed by atoms with Crippen LogP contribution in [0.15, 0.2) is 24.0 Å². The lowest BCUT2D eigenvalue weighted by molar-refractivity contribution is -0.116. The number of nitrogens with zero attached hydrogens (tertiary/aromatic N) is 3. The first-order valence-electron chi connectivity index (χ1n) is 5.32. The maximum Gasteiger partial charge on any atom is 0.316 e. The zero-order valence-corrected chi connectivity index (χ0v) is 10.6. The van der Waals surface area contributed by atoms with E-state index in [4.69, 9.17) is 4.74 Å². The van der Waals surface area contributed by atoms with Crippen LogP contribution in [0.25, 0.3) is 0 Å². The molecule has 94 valence electrons. The second-order valence-corrected chi connectivity index (χ2v) is 4.36. The molecule has 0 fully saturated rings. The first kappa shape index (κ1) is 12.4. The maximum atomic E-state index is 11.6. The van der Waals surface area contributed by atoms with E-state index in [1.807, 2.05) is 5.38 Å².